The highest BCUT2D eigenvalue weighted by atomic mass is 32.2. The summed E-state index contributed by atoms with van der Waals surface area (Å²) >= 11 is 0. The van der Waals surface area contributed by atoms with Crippen LogP contribution >= 0.6 is 0 Å². The fraction of sp³-hybridized carbons (Fsp3) is 0.0625. The first-order valence-corrected chi connectivity index (χ1v) is 8.67. The van der Waals surface area contributed by atoms with E-state index in [0.29, 0.717) is 12.5 Å². The van der Waals surface area contributed by atoms with Crippen molar-refractivity contribution in [2.24, 2.45) is 5.14 Å². The van der Waals surface area contributed by atoms with Crippen molar-refractivity contribution < 1.29 is 8.42 Å². The number of hydrogen-bond donors (Lipinski definition) is 2. The fourth-order valence-corrected chi connectivity index (χ4v) is 2.59. The Balaban J connectivity index is 1.71. The Kier molecular flexibility index (Phi) is 4.50. The lowest BCUT2D eigenvalue weighted by atomic mass is 10.2. The van der Waals surface area contributed by atoms with Gasteiger partial charge in [-0.05, 0) is 35.9 Å². The van der Waals surface area contributed by atoms with Gasteiger partial charge in [0.1, 0.15) is 0 Å². The molecular weight excluding hydrogens is 326 g/mol. The number of nitrogens with zero attached hydrogens (tertiary/aromatic N) is 3. The molecule has 122 valence electrons. The van der Waals surface area contributed by atoms with Gasteiger partial charge in [-0.25, -0.2) is 23.5 Å². The van der Waals surface area contributed by atoms with Crippen LogP contribution in [0.5, 0.6) is 0 Å². The van der Waals surface area contributed by atoms with Crippen molar-refractivity contribution in [2.75, 3.05) is 5.32 Å². The molecule has 3 rings (SSSR count). The lowest BCUT2D eigenvalue weighted by Crippen LogP contribution is -2.12. The van der Waals surface area contributed by atoms with Gasteiger partial charge in [0.05, 0.1) is 16.3 Å². The number of nitrogens with one attached hydrogen (secondary N) is 1. The Morgan fingerprint density at radius 2 is 1.71 bits per heavy atom. The third-order valence-corrected chi connectivity index (χ3v) is 4.21. The van der Waals surface area contributed by atoms with E-state index in [0.717, 1.165) is 17.0 Å². The molecule has 0 aliphatic rings. The first-order valence-electron chi connectivity index (χ1n) is 7.12. The first kappa shape index (κ1) is 16.0. The number of benzene rings is 1. The van der Waals surface area contributed by atoms with Gasteiger partial charge in [0, 0.05) is 18.9 Å². The molecule has 0 unspecified atom stereocenters. The van der Waals surface area contributed by atoms with Crippen LogP contribution in [0.3, 0.4) is 0 Å². The molecule has 24 heavy (non-hydrogen) atoms. The Labute approximate surface area is 139 Å². The molecule has 3 aromatic rings. The number of nitrogens with two attached hydrogens (primary N) is 1. The number of rotatable bonds is 5. The Morgan fingerprint density at radius 3 is 2.38 bits per heavy atom. The maximum Gasteiger partial charge on any atom is 0.238 e. The molecule has 0 amide bonds. The van der Waals surface area contributed by atoms with E-state index in [1.54, 1.807) is 30.6 Å². The molecule has 7 nitrogen and oxygen atoms in total. The average Bonchev–Trinajstić information content (AvgIpc) is 2.61. The number of pyridine rings is 1. The van der Waals surface area contributed by atoms with Crippen molar-refractivity contribution >= 4 is 16.0 Å². The Morgan fingerprint density at radius 1 is 0.917 bits per heavy atom. The van der Waals surface area contributed by atoms with Crippen LogP contribution < -0.4 is 10.5 Å². The van der Waals surface area contributed by atoms with E-state index in [4.69, 9.17) is 5.14 Å². The lowest BCUT2D eigenvalue weighted by Gasteiger charge is -2.07. The Hall–Kier alpha value is -2.84. The summed E-state index contributed by atoms with van der Waals surface area (Å²) in [7, 11) is -3.67. The topological polar surface area (TPSA) is 111 Å². The number of primary sulfonamides is 1. The highest BCUT2D eigenvalue weighted by Gasteiger charge is 2.07. The number of sulfonamides is 1. The summed E-state index contributed by atoms with van der Waals surface area (Å²) < 4.78 is 22.5. The predicted octanol–water partition coefficient (Wildman–Crippen LogP) is 1.80. The molecule has 0 bridgehead atoms. The van der Waals surface area contributed by atoms with Crippen molar-refractivity contribution in [3.63, 3.8) is 0 Å². The largest absolute Gasteiger partial charge is 0.350 e. The van der Waals surface area contributed by atoms with Crippen LogP contribution in [0.15, 0.2) is 65.8 Å². The molecule has 0 fully saturated rings. The summed E-state index contributed by atoms with van der Waals surface area (Å²) in [6.07, 6.45) is 3.36. The minimum atomic E-state index is -3.67. The van der Waals surface area contributed by atoms with Crippen LogP contribution in [0, 0.1) is 0 Å². The van der Waals surface area contributed by atoms with Gasteiger partial charge >= 0.3 is 0 Å². The predicted molar refractivity (Wildman–Crippen MR) is 90.4 cm³/mol. The third kappa shape index (κ3) is 3.92. The second-order valence-corrected chi connectivity index (χ2v) is 6.58. The van der Waals surface area contributed by atoms with E-state index in [1.165, 1.54) is 12.1 Å². The molecule has 0 aliphatic heterocycles. The molecular formula is C16H15N5O2S. The van der Waals surface area contributed by atoms with Crippen LogP contribution in [-0.4, -0.2) is 23.4 Å². The average molecular weight is 341 g/mol. The quantitative estimate of drug-likeness (QED) is 0.732. The van der Waals surface area contributed by atoms with Crippen LogP contribution in [0.1, 0.15) is 5.56 Å². The van der Waals surface area contributed by atoms with Crippen LogP contribution in [0.4, 0.5) is 5.95 Å². The number of anilines is 1. The van der Waals surface area contributed by atoms with E-state index < -0.39 is 10.0 Å². The second-order valence-electron chi connectivity index (χ2n) is 5.02. The van der Waals surface area contributed by atoms with Crippen LogP contribution in [0.2, 0.25) is 0 Å². The first-order chi connectivity index (χ1) is 11.5. The summed E-state index contributed by atoms with van der Waals surface area (Å²) in [6.45, 7) is 0.455. The highest BCUT2D eigenvalue weighted by Crippen LogP contribution is 2.15. The molecule has 0 saturated carbocycles. The summed E-state index contributed by atoms with van der Waals surface area (Å²) in [5.41, 5.74) is 2.37. The monoisotopic (exact) mass is 341 g/mol. The van der Waals surface area contributed by atoms with E-state index in [1.807, 2.05) is 18.2 Å². The second kappa shape index (κ2) is 6.73. The molecule has 3 N–H and O–H groups in total. The van der Waals surface area contributed by atoms with Crippen molar-refractivity contribution in [1.29, 1.82) is 0 Å². The van der Waals surface area contributed by atoms with Crippen LogP contribution in [0.25, 0.3) is 11.4 Å². The summed E-state index contributed by atoms with van der Waals surface area (Å²) in [5.74, 6) is 0.466. The van der Waals surface area contributed by atoms with Crippen molar-refractivity contribution in [3.05, 3.63) is 66.5 Å². The van der Waals surface area contributed by atoms with Gasteiger partial charge in [-0.15, -0.1) is 0 Å². The fourth-order valence-electron chi connectivity index (χ4n) is 2.08. The Bertz CT molecular complexity index is 928. The molecule has 2 aromatic heterocycles. The van der Waals surface area contributed by atoms with Gasteiger partial charge in [0.25, 0.3) is 0 Å². The zero-order valence-electron chi connectivity index (χ0n) is 12.6. The zero-order valence-corrected chi connectivity index (χ0v) is 13.4. The lowest BCUT2D eigenvalue weighted by molar-refractivity contribution is 0.598. The summed E-state index contributed by atoms with van der Waals surface area (Å²) in [5, 5.41) is 8.17. The van der Waals surface area contributed by atoms with E-state index in [9.17, 15) is 8.42 Å². The molecule has 0 spiro atoms. The highest BCUT2D eigenvalue weighted by molar-refractivity contribution is 7.89. The number of aromatic nitrogens is 3. The normalized spacial score (nSPS) is 11.2. The molecule has 0 atom stereocenters. The molecule has 8 heteroatoms. The van der Waals surface area contributed by atoms with Gasteiger partial charge in [-0.2, -0.15) is 0 Å². The molecule has 2 heterocycles. The standard InChI is InChI=1S/C16H15N5O2S/c17-24(22,23)13-6-4-12(5-7-13)11-20-16-19-10-8-15(21-16)14-3-1-2-9-18-14/h1-10H,11H2,(H2,17,22,23)(H,19,20,21). The zero-order chi connectivity index (χ0) is 17.0. The van der Waals surface area contributed by atoms with E-state index in [2.05, 4.69) is 20.3 Å². The minimum absolute atomic E-state index is 0.0830. The third-order valence-electron chi connectivity index (χ3n) is 3.29. The van der Waals surface area contributed by atoms with Gasteiger partial charge in [-0.1, -0.05) is 18.2 Å². The molecule has 0 aliphatic carbocycles. The molecule has 1 aromatic carbocycles. The molecule has 0 saturated heterocycles. The maximum absolute atomic E-state index is 11.2. The van der Waals surface area contributed by atoms with Crippen molar-refractivity contribution in [3.8, 4) is 11.4 Å². The van der Waals surface area contributed by atoms with Gasteiger partial charge in [0.2, 0.25) is 16.0 Å². The van der Waals surface area contributed by atoms with Gasteiger partial charge < -0.3 is 5.32 Å². The van der Waals surface area contributed by atoms with E-state index >= 15 is 0 Å². The van der Waals surface area contributed by atoms with E-state index in [-0.39, 0.29) is 4.90 Å². The maximum atomic E-state index is 11.2. The molecule has 0 radical (unpaired) electrons. The van der Waals surface area contributed by atoms with Crippen molar-refractivity contribution in [2.45, 2.75) is 11.4 Å². The smallest absolute Gasteiger partial charge is 0.238 e. The SMILES string of the molecule is NS(=O)(=O)c1ccc(CNc2nccc(-c3ccccn3)n2)cc1. The minimum Gasteiger partial charge on any atom is -0.350 e. The summed E-state index contributed by atoms with van der Waals surface area (Å²) in [4.78, 5) is 12.9. The van der Waals surface area contributed by atoms with Crippen LogP contribution in [-0.2, 0) is 16.6 Å². The van der Waals surface area contributed by atoms with Gasteiger partial charge in [-0.3, -0.25) is 4.98 Å². The van der Waals surface area contributed by atoms with Crippen molar-refractivity contribution in [1.82, 2.24) is 15.0 Å². The number of hydrogen-bond acceptors (Lipinski definition) is 6. The summed E-state index contributed by atoms with van der Waals surface area (Å²) in [6, 6.07) is 13.7. The van der Waals surface area contributed by atoms with Gasteiger partial charge in [0.15, 0.2) is 0 Å².